The number of carbonyl (C=O) groups excluding carboxylic acids is 1. The van der Waals surface area contributed by atoms with Crippen molar-refractivity contribution in [3.05, 3.63) is 0 Å². The third-order valence-electron chi connectivity index (χ3n) is 2.90. The molecule has 104 valence electrons. The zero-order valence-corrected chi connectivity index (χ0v) is 11.3. The molecule has 1 heterocycles. The highest BCUT2D eigenvalue weighted by molar-refractivity contribution is 5.74. The molecular formula is C12H22N2O4. The number of morpholine rings is 1. The maximum atomic E-state index is 12.1. The molecule has 1 N–H and O–H groups in total. The number of rotatable bonds is 4. The van der Waals surface area contributed by atoms with Gasteiger partial charge in [-0.05, 0) is 20.3 Å². The zero-order chi connectivity index (χ0) is 13.7. The number of carbonyl (C=O) groups is 2. The standard InChI is InChI=1S/C12H22N2O4/c1-9-7-14(8-10(2)18-9)12(17)13(3)6-4-5-11(15)16/h9-10H,4-8H2,1-3H3,(H,15,16)/t9-,10+. The van der Waals surface area contributed by atoms with Crippen LogP contribution in [0.15, 0.2) is 0 Å². The SMILES string of the molecule is C[C@@H]1CN(C(=O)N(C)CCCC(=O)O)C[C@H](C)O1. The number of amides is 2. The molecule has 6 heteroatoms. The van der Waals surface area contributed by atoms with Gasteiger partial charge >= 0.3 is 12.0 Å². The quantitative estimate of drug-likeness (QED) is 0.817. The molecule has 2 amide bonds. The Hall–Kier alpha value is -1.30. The van der Waals surface area contributed by atoms with Gasteiger partial charge < -0.3 is 19.6 Å². The Bertz CT molecular complexity index is 298. The molecule has 2 atom stereocenters. The molecule has 1 saturated heterocycles. The molecule has 1 aliphatic heterocycles. The van der Waals surface area contributed by atoms with Gasteiger partial charge in [0.1, 0.15) is 0 Å². The smallest absolute Gasteiger partial charge is 0.319 e. The second-order valence-corrected chi connectivity index (χ2v) is 4.86. The molecule has 1 fully saturated rings. The molecule has 1 rings (SSSR count). The van der Waals surface area contributed by atoms with Gasteiger partial charge in [-0.15, -0.1) is 0 Å². The number of carboxylic acid groups (broad SMARTS) is 1. The van der Waals surface area contributed by atoms with Crippen molar-refractivity contribution in [3.63, 3.8) is 0 Å². The van der Waals surface area contributed by atoms with Crippen molar-refractivity contribution < 1.29 is 19.4 Å². The van der Waals surface area contributed by atoms with Crippen LogP contribution < -0.4 is 0 Å². The average molecular weight is 258 g/mol. The molecule has 0 bridgehead atoms. The largest absolute Gasteiger partial charge is 0.481 e. The third-order valence-corrected chi connectivity index (χ3v) is 2.90. The lowest BCUT2D eigenvalue weighted by molar-refractivity contribution is -0.137. The van der Waals surface area contributed by atoms with E-state index >= 15 is 0 Å². The van der Waals surface area contributed by atoms with Crippen molar-refractivity contribution in [1.29, 1.82) is 0 Å². The van der Waals surface area contributed by atoms with Crippen LogP contribution in [-0.2, 0) is 9.53 Å². The minimum absolute atomic E-state index is 0.0464. The van der Waals surface area contributed by atoms with Crippen molar-refractivity contribution in [1.82, 2.24) is 9.80 Å². The Morgan fingerprint density at radius 3 is 2.39 bits per heavy atom. The van der Waals surface area contributed by atoms with Crippen molar-refractivity contribution >= 4 is 12.0 Å². The van der Waals surface area contributed by atoms with Crippen LogP contribution in [0.25, 0.3) is 0 Å². The number of aliphatic carboxylic acids is 1. The minimum Gasteiger partial charge on any atom is -0.481 e. The molecule has 0 spiro atoms. The first kappa shape index (κ1) is 14.8. The second kappa shape index (κ2) is 6.58. The number of carboxylic acids is 1. The summed E-state index contributed by atoms with van der Waals surface area (Å²) in [6, 6.07) is -0.0533. The summed E-state index contributed by atoms with van der Waals surface area (Å²) in [7, 11) is 1.70. The lowest BCUT2D eigenvalue weighted by atomic mass is 10.2. The average Bonchev–Trinajstić information content (AvgIpc) is 2.26. The van der Waals surface area contributed by atoms with Gasteiger partial charge in [-0.1, -0.05) is 0 Å². The minimum atomic E-state index is -0.829. The Morgan fingerprint density at radius 1 is 1.33 bits per heavy atom. The predicted octanol–water partition coefficient (Wildman–Crippen LogP) is 1.01. The molecule has 0 aliphatic carbocycles. The molecule has 6 nitrogen and oxygen atoms in total. The van der Waals surface area contributed by atoms with Crippen molar-refractivity contribution in [2.45, 2.75) is 38.9 Å². The van der Waals surface area contributed by atoms with Crippen LogP contribution in [-0.4, -0.2) is 65.8 Å². The number of urea groups is 1. The summed E-state index contributed by atoms with van der Waals surface area (Å²) >= 11 is 0. The van der Waals surface area contributed by atoms with Crippen LogP contribution in [0.3, 0.4) is 0 Å². The van der Waals surface area contributed by atoms with E-state index in [-0.39, 0.29) is 24.7 Å². The predicted molar refractivity (Wildman–Crippen MR) is 66.5 cm³/mol. The van der Waals surface area contributed by atoms with Crippen LogP contribution in [0.1, 0.15) is 26.7 Å². The molecular weight excluding hydrogens is 236 g/mol. The molecule has 0 aromatic carbocycles. The summed E-state index contributed by atoms with van der Waals surface area (Å²) in [4.78, 5) is 25.9. The van der Waals surface area contributed by atoms with Gasteiger partial charge in [0.25, 0.3) is 0 Å². The van der Waals surface area contributed by atoms with Gasteiger partial charge in [0, 0.05) is 33.1 Å². The lowest BCUT2D eigenvalue weighted by Crippen LogP contribution is -2.52. The molecule has 1 aliphatic rings. The van der Waals surface area contributed by atoms with E-state index in [0.717, 1.165) is 0 Å². The fourth-order valence-corrected chi connectivity index (χ4v) is 2.14. The van der Waals surface area contributed by atoms with E-state index in [1.807, 2.05) is 13.8 Å². The fourth-order valence-electron chi connectivity index (χ4n) is 2.14. The molecule has 0 aromatic rings. The van der Waals surface area contributed by atoms with Crippen molar-refractivity contribution in [3.8, 4) is 0 Å². The van der Waals surface area contributed by atoms with Gasteiger partial charge in [-0.2, -0.15) is 0 Å². The molecule has 18 heavy (non-hydrogen) atoms. The Balaban J connectivity index is 2.40. The number of nitrogens with zero attached hydrogens (tertiary/aromatic N) is 2. The van der Waals surface area contributed by atoms with Gasteiger partial charge in [0.05, 0.1) is 12.2 Å². The number of hydrogen-bond acceptors (Lipinski definition) is 3. The van der Waals surface area contributed by atoms with E-state index in [4.69, 9.17) is 9.84 Å². The van der Waals surface area contributed by atoms with E-state index < -0.39 is 5.97 Å². The number of ether oxygens (including phenoxy) is 1. The lowest BCUT2D eigenvalue weighted by Gasteiger charge is -2.37. The summed E-state index contributed by atoms with van der Waals surface area (Å²) in [6.07, 6.45) is 0.663. The summed E-state index contributed by atoms with van der Waals surface area (Å²) < 4.78 is 5.57. The fraction of sp³-hybridized carbons (Fsp3) is 0.833. The van der Waals surface area contributed by atoms with Crippen LogP contribution >= 0.6 is 0 Å². The highest BCUT2D eigenvalue weighted by Gasteiger charge is 2.27. The van der Waals surface area contributed by atoms with E-state index in [0.29, 0.717) is 26.1 Å². The molecule has 0 unspecified atom stereocenters. The molecule has 0 saturated carbocycles. The maximum Gasteiger partial charge on any atom is 0.319 e. The maximum absolute atomic E-state index is 12.1. The third kappa shape index (κ3) is 4.52. The van der Waals surface area contributed by atoms with Crippen LogP contribution in [0, 0.1) is 0 Å². The van der Waals surface area contributed by atoms with Crippen LogP contribution in [0.5, 0.6) is 0 Å². The van der Waals surface area contributed by atoms with Crippen LogP contribution in [0.4, 0.5) is 4.79 Å². The Morgan fingerprint density at radius 2 is 1.89 bits per heavy atom. The van der Waals surface area contributed by atoms with E-state index in [1.54, 1.807) is 16.8 Å². The van der Waals surface area contributed by atoms with E-state index in [9.17, 15) is 9.59 Å². The Kier molecular flexibility index (Phi) is 5.40. The van der Waals surface area contributed by atoms with Gasteiger partial charge in [-0.25, -0.2) is 4.79 Å². The van der Waals surface area contributed by atoms with E-state index in [2.05, 4.69) is 0 Å². The highest BCUT2D eigenvalue weighted by atomic mass is 16.5. The van der Waals surface area contributed by atoms with Crippen LogP contribution in [0.2, 0.25) is 0 Å². The molecule has 0 aromatic heterocycles. The topological polar surface area (TPSA) is 70.1 Å². The number of hydrogen-bond donors (Lipinski definition) is 1. The molecule has 0 radical (unpaired) electrons. The zero-order valence-electron chi connectivity index (χ0n) is 11.3. The summed E-state index contributed by atoms with van der Waals surface area (Å²) in [5.74, 6) is -0.829. The summed E-state index contributed by atoms with van der Waals surface area (Å²) in [5, 5.41) is 8.55. The first-order valence-electron chi connectivity index (χ1n) is 6.27. The van der Waals surface area contributed by atoms with Crippen molar-refractivity contribution in [2.75, 3.05) is 26.7 Å². The monoisotopic (exact) mass is 258 g/mol. The van der Waals surface area contributed by atoms with Gasteiger partial charge in [0.15, 0.2) is 0 Å². The Labute approximate surface area is 107 Å². The first-order valence-corrected chi connectivity index (χ1v) is 6.27. The van der Waals surface area contributed by atoms with Gasteiger partial charge in [-0.3, -0.25) is 4.79 Å². The highest BCUT2D eigenvalue weighted by Crippen LogP contribution is 2.12. The normalized spacial score (nSPS) is 23.8. The summed E-state index contributed by atoms with van der Waals surface area (Å²) in [5.41, 5.74) is 0. The van der Waals surface area contributed by atoms with Gasteiger partial charge in [0.2, 0.25) is 0 Å². The summed E-state index contributed by atoms with van der Waals surface area (Å²) in [6.45, 7) is 5.53. The van der Waals surface area contributed by atoms with Crippen molar-refractivity contribution in [2.24, 2.45) is 0 Å². The second-order valence-electron chi connectivity index (χ2n) is 4.86. The first-order chi connectivity index (χ1) is 8.40. The van der Waals surface area contributed by atoms with E-state index in [1.165, 1.54) is 0 Å².